The minimum atomic E-state index is -0.873. The number of amides is 2. The van der Waals surface area contributed by atoms with E-state index in [0.29, 0.717) is 40.5 Å². The fourth-order valence-electron chi connectivity index (χ4n) is 4.24. The number of anilines is 3. The Balaban J connectivity index is 1.73. The molecule has 1 aliphatic rings. The molecule has 0 bridgehead atoms. The highest BCUT2D eigenvalue weighted by Crippen LogP contribution is 2.39. The molecule has 0 saturated carbocycles. The molecule has 0 unspecified atom stereocenters. The van der Waals surface area contributed by atoms with Crippen LogP contribution in [0.3, 0.4) is 0 Å². The SMILES string of the molecule is CN(C)CC(=O)N(C)c1ccc(N/C(=C2\C(=O)Nc3cc(Cl)ccc32)c2cccc(CCC(=O)O)c2)cc1. The Hall–Kier alpha value is -4.14. The molecule has 38 heavy (non-hydrogen) atoms. The number of fused-ring (bicyclic) bond motifs is 1. The Labute approximate surface area is 226 Å². The van der Waals surface area contributed by atoms with Crippen molar-refractivity contribution >= 4 is 57.7 Å². The number of benzene rings is 3. The lowest BCUT2D eigenvalue weighted by atomic mass is 9.97. The first kappa shape index (κ1) is 26.9. The third kappa shape index (κ3) is 6.22. The Morgan fingerprint density at radius 1 is 1.00 bits per heavy atom. The first-order chi connectivity index (χ1) is 18.1. The zero-order valence-electron chi connectivity index (χ0n) is 21.4. The quantitative estimate of drug-likeness (QED) is 0.342. The van der Waals surface area contributed by atoms with Crippen molar-refractivity contribution < 1.29 is 19.5 Å². The van der Waals surface area contributed by atoms with Crippen LogP contribution in [0, 0.1) is 0 Å². The van der Waals surface area contributed by atoms with E-state index < -0.39 is 5.97 Å². The van der Waals surface area contributed by atoms with Gasteiger partial charge in [-0.05, 0) is 74.1 Å². The Kier molecular flexibility index (Phi) is 8.14. The van der Waals surface area contributed by atoms with E-state index >= 15 is 0 Å². The lowest BCUT2D eigenvalue weighted by Crippen LogP contribution is -2.34. The molecule has 3 aromatic carbocycles. The van der Waals surface area contributed by atoms with Crippen molar-refractivity contribution in [3.8, 4) is 0 Å². The summed E-state index contributed by atoms with van der Waals surface area (Å²) in [5, 5.41) is 15.9. The Morgan fingerprint density at radius 2 is 1.74 bits per heavy atom. The smallest absolute Gasteiger partial charge is 0.303 e. The molecule has 0 spiro atoms. The molecule has 0 fully saturated rings. The molecule has 3 N–H and O–H groups in total. The lowest BCUT2D eigenvalue weighted by Gasteiger charge is -2.20. The van der Waals surface area contributed by atoms with Gasteiger partial charge in [-0.15, -0.1) is 0 Å². The van der Waals surface area contributed by atoms with E-state index in [1.54, 1.807) is 30.1 Å². The van der Waals surface area contributed by atoms with Crippen LogP contribution in [-0.4, -0.2) is 55.5 Å². The third-order valence-electron chi connectivity index (χ3n) is 6.17. The van der Waals surface area contributed by atoms with Crippen molar-refractivity contribution in [3.63, 3.8) is 0 Å². The zero-order chi connectivity index (χ0) is 27.4. The number of carboxylic acids is 1. The lowest BCUT2D eigenvalue weighted by molar-refractivity contribution is -0.137. The summed E-state index contributed by atoms with van der Waals surface area (Å²) in [7, 11) is 5.42. The normalized spacial score (nSPS) is 13.7. The van der Waals surface area contributed by atoms with Gasteiger partial charge in [-0.1, -0.05) is 35.9 Å². The van der Waals surface area contributed by atoms with E-state index in [9.17, 15) is 14.4 Å². The number of aliphatic carboxylic acids is 1. The van der Waals surface area contributed by atoms with Crippen LogP contribution in [0.25, 0.3) is 11.3 Å². The Bertz CT molecular complexity index is 1420. The van der Waals surface area contributed by atoms with Gasteiger partial charge in [-0.2, -0.15) is 0 Å². The van der Waals surface area contributed by atoms with E-state index in [0.717, 1.165) is 22.5 Å². The van der Waals surface area contributed by atoms with Crippen molar-refractivity contribution in [1.29, 1.82) is 0 Å². The van der Waals surface area contributed by atoms with Crippen molar-refractivity contribution in [2.45, 2.75) is 12.8 Å². The number of carbonyl (C=O) groups excluding carboxylic acids is 2. The van der Waals surface area contributed by atoms with Gasteiger partial charge in [0.25, 0.3) is 5.91 Å². The van der Waals surface area contributed by atoms with Crippen molar-refractivity contribution in [2.24, 2.45) is 0 Å². The van der Waals surface area contributed by atoms with Crippen molar-refractivity contribution in [2.75, 3.05) is 43.2 Å². The zero-order valence-corrected chi connectivity index (χ0v) is 22.2. The average Bonchev–Trinajstić information content (AvgIpc) is 3.20. The largest absolute Gasteiger partial charge is 0.481 e. The molecule has 0 saturated heterocycles. The third-order valence-corrected chi connectivity index (χ3v) is 6.40. The van der Waals surface area contributed by atoms with Crippen LogP contribution < -0.4 is 15.5 Å². The van der Waals surface area contributed by atoms with Gasteiger partial charge in [-0.25, -0.2) is 0 Å². The van der Waals surface area contributed by atoms with Crippen molar-refractivity contribution in [1.82, 2.24) is 4.90 Å². The molecule has 0 aromatic heterocycles. The highest BCUT2D eigenvalue weighted by atomic mass is 35.5. The van der Waals surface area contributed by atoms with Crippen LogP contribution in [0.4, 0.5) is 17.1 Å². The fourth-order valence-corrected chi connectivity index (χ4v) is 4.41. The number of likely N-dealkylation sites (N-methyl/N-ethyl adjacent to an activating group) is 2. The maximum absolute atomic E-state index is 13.2. The number of hydrogen-bond acceptors (Lipinski definition) is 5. The maximum Gasteiger partial charge on any atom is 0.303 e. The number of carboxylic acid groups (broad SMARTS) is 1. The van der Waals surface area contributed by atoms with Crippen molar-refractivity contribution in [3.05, 3.63) is 88.4 Å². The van der Waals surface area contributed by atoms with Crippen LogP contribution in [0.1, 0.15) is 23.1 Å². The molecule has 9 heteroatoms. The number of halogens is 1. The van der Waals surface area contributed by atoms with Gasteiger partial charge in [0.05, 0.1) is 23.5 Å². The molecule has 4 rings (SSSR count). The average molecular weight is 533 g/mol. The topological polar surface area (TPSA) is 102 Å². The highest BCUT2D eigenvalue weighted by molar-refractivity contribution is 6.38. The highest BCUT2D eigenvalue weighted by Gasteiger charge is 2.29. The summed E-state index contributed by atoms with van der Waals surface area (Å²) in [5.41, 5.74) is 5.40. The predicted molar refractivity (Wildman–Crippen MR) is 151 cm³/mol. The van der Waals surface area contributed by atoms with E-state index in [4.69, 9.17) is 16.7 Å². The summed E-state index contributed by atoms with van der Waals surface area (Å²) in [4.78, 5) is 40.1. The molecule has 2 amide bonds. The monoisotopic (exact) mass is 532 g/mol. The van der Waals surface area contributed by atoms with Gasteiger partial charge in [0.15, 0.2) is 0 Å². The molecule has 8 nitrogen and oxygen atoms in total. The molecule has 1 aliphatic heterocycles. The minimum absolute atomic E-state index is 0.00608. The number of nitrogens with one attached hydrogen (secondary N) is 2. The summed E-state index contributed by atoms with van der Waals surface area (Å²) in [6.07, 6.45) is 0.373. The van der Waals surface area contributed by atoms with Crippen LogP contribution in [0.15, 0.2) is 66.7 Å². The first-order valence-corrected chi connectivity index (χ1v) is 12.4. The molecule has 0 atom stereocenters. The van der Waals surface area contributed by atoms with Gasteiger partial charge >= 0.3 is 5.97 Å². The van der Waals surface area contributed by atoms with Gasteiger partial charge in [-0.3, -0.25) is 14.4 Å². The maximum atomic E-state index is 13.2. The van der Waals surface area contributed by atoms with Gasteiger partial charge in [0.2, 0.25) is 5.91 Å². The number of aryl methyl sites for hydroxylation is 1. The second-order valence-electron chi connectivity index (χ2n) is 9.35. The van der Waals surface area contributed by atoms with Crippen LogP contribution in [0.5, 0.6) is 0 Å². The molecule has 3 aromatic rings. The van der Waals surface area contributed by atoms with E-state index in [1.165, 1.54) is 0 Å². The van der Waals surface area contributed by atoms with Crippen LogP contribution >= 0.6 is 11.6 Å². The van der Waals surface area contributed by atoms with E-state index in [-0.39, 0.29) is 18.2 Å². The van der Waals surface area contributed by atoms with Crippen LogP contribution in [0.2, 0.25) is 5.02 Å². The molecule has 0 aliphatic carbocycles. The second-order valence-corrected chi connectivity index (χ2v) is 9.79. The summed E-state index contributed by atoms with van der Waals surface area (Å²) < 4.78 is 0. The molecule has 0 radical (unpaired) electrons. The summed E-state index contributed by atoms with van der Waals surface area (Å²) in [6, 6.07) is 20.1. The van der Waals surface area contributed by atoms with E-state index in [2.05, 4.69) is 10.6 Å². The van der Waals surface area contributed by atoms with E-state index in [1.807, 2.05) is 67.5 Å². The van der Waals surface area contributed by atoms with Gasteiger partial charge in [0.1, 0.15) is 0 Å². The summed E-state index contributed by atoms with van der Waals surface area (Å²) >= 11 is 6.15. The number of hydrogen-bond donors (Lipinski definition) is 3. The molecule has 1 heterocycles. The number of rotatable bonds is 9. The van der Waals surface area contributed by atoms with Crippen LogP contribution in [-0.2, 0) is 20.8 Å². The minimum Gasteiger partial charge on any atom is -0.481 e. The first-order valence-electron chi connectivity index (χ1n) is 12.1. The van der Waals surface area contributed by atoms with Gasteiger partial charge in [0, 0.05) is 35.4 Å². The molecule has 196 valence electrons. The fraction of sp³-hybridized carbons (Fsp3) is 0.207. The second kappa shape index (κ2) is 11.5. The Morgan fingerprint density at radius 3 is 2.42 bits per heavy atom. The summed E-state index contributed by atoms with van der Waals surface area (Å²) in [6.45, 7) is 0.295. The standard InChI is InChI=1S/C29H29ClN4O4/c1-33(2)17-25(35)34(3)22-11-9-21(10-12-22)31-28(19-6-4-5-18(15-19)7-14-26(36)37)27-23-13-8-20(30)16-24(23)32-29(27)38/h4-6,8-13,15-16,31H,7,14,17H2,1-3H3,(H,32,38)(H,36,37)/b28-27-. The summed E-state index contributed by atoms with van der Waals surface area (Å²) in [5.74, 6) is -1.18. The number of carbonyl (C=O) groups is 3. The number of nitrogens with zero attached hydrogens (tertiary/aromatic N) is 2. The molecular formula is C29H29ClN4O4. The predicted octanol–water partition coefficient (Wildman–Crippen LogP) is 4.81. The molecular weight excluding hydrogens is 504 g/mol. The van der Waals surface area contributed by atoms with Gasteiger partial charge < -0.3 is 25.5 Å².